The van der Waals surface area contributed by atoms with Crippen LogP contribution in [0.15, 0.2) is 30.3 Å². The molecule has 2 heterocycles. The lowest BCUT2D eigenvalue weighted by Crippen LogP contribution is -2.48. The van der Waals surface area contributed by atoms with Gasteiger partial charge >= 0.3 is 6.09 Å². The Morgan fingerprint density at radius 1 is 1.18 bits per heavy atom. The van der Waals surface area contributed by atoms with Crippen molar-refractivity contribution < 1.29 is 14.3 Å². The second kappa shape index (κ2) is 7.61. The first-order valence-corrected chi connectivity index (χ1v) is 8.07. The summed E-state index contributed by atoms with van der Waals surface area (Å²) in [6, 6.07) is 10.5. The van der Waals surface area contributed by atoms with Crippen LogP contribution in [0.3, 0.4) is 0 Å². The molecule has 22 heavy (non-hydrogen) atoms. The van der Waals surface area contributed by atoms with E-state index in [1.54, 1.807) is 0 Å². The van der Waals surface area contributed by atoms with Gasteiger partial charge in [-0.3, -0.25) is 4.90 Å². The summed E-state index contributed by atoms with van der Waals surface area (Å²) in [5.41, 5.74) is 1.32. The number of hydrogen-bond acceptors (Lipinski definition) is 4. The zero-order chi connectivity index (χ0) is 15.2. The molecule has 0 bridgehead atoms. The third-order valence-electron chi connectivity index (χ3n) is 4.35. The van der Waals surface area contributed by atoms with Crippen molar-refractivity contribution in [3.63, 3.8) is 0 Å². The molecule has 1 aromatic carbocycles. The normalized spacial score (nSPS) is 22.7. The Kier molecular flexibility index (Phi) is 5.29. The van der Waals surface area contributed by atoms with Crippen molar-refractivity contribution in [1.29, 1.82) is 0 Å². The van der Waals surface area contributed by atoms with Crippen LogP contribution in [0.25, 0.3) is 0 Å². The van der Waals surface area contributed by atoms with Gasteiger partial charge in [0.15, 0.2) is 0 Å². The van der Waals surface area contributed by atoms with E-state index in [0.29, 0.717) is 12.5 Å². The summed E-state index contributed by atoms with van der Waals surface area (Å²) in [5, 5.41) is 0. The molecule has 0 radical (unpaired) electrons. The molecular formula is C17H24N2O3. The highest BCUT2D eigenvalue weighted by atomic mass is 16.6. The second-order valence-electron chi connectivity index (χ2n) is 6.06. The SMILES string of the molecule is O=C(OC[C@H]1CCOC1)N1CCN(Cc2ccccc2)CC1. The Hall–Kier alpha value is -1.59. The number of hydrogen-bond donors (Lipinski definition) is 0. The van der Waals surface area contributed by atoms with Gasteiger partial charge in [0.25, 0.3) is 0 Å². The highest BCUT2D eigenvalue weighted by molar-refractivity contribution is 5.67. The minimum Gasteiger partial charge on any atom is -0.449 e. The van der Waals surface area contributed by atoms with Gasteiger partial charge in [-0.2, -0.15) is 0 Å². The molecule has 1 aromatic rings. The molecule has 5 nitrogen and oxygen atoms in total. The minimum atomic E-state index is -0.175. The Balaban J connectivity index is 1.38. The van der Waals surface area contributed by atoms with Gasteiger partial charge in [-0.25, -0.2) is 4.79 Å². The Morgan fingerprint density at radius 3 is 2.64 bits per heavy atom. The Bertz CT molecular complexity index is 466. The van der Waals surface area contributed by atoms with Crippen molar-refractivity contribution in [2.75, 3.05) is 46.0 Å². The molecule has 5 heteroatoms. The summed E-state index contributed by atoms with van der Waals surface area (Å²) in [6.07, 6.45) is 0.823. The van der Waals surface area contributed by atoms with E-state index in [0.717, 1.165) is 52.4 Å². The van der Waals surface area contributed by atoms with Crippen molar-refractivity contribution in [2.24, 2.45) is 5.92 Å². The lowest BCUT2D eigenvalue weighted by atomic mass is 10.1. The van der Waals surface area contributed by atoms with Crippen LogP contribution in [0.5, 0.6) is 0 Å². The molecule has 120 valence electrons. The summed E-state index contributed by atoms with van der Waals surface area (Å²) in [6.45, 7) is 6.23. The number of carbonyl (C=O) groups excluding carboxylic acids is 1. The van der Waals surface area contributed by atoms with E-state index in [2.05, 4.69) is 29.2 Å². The van der Waals surface area contributed by atoms with E-state index in [1.165, 1.54) is 5.56 Å². The topological polar surface area (TPSA) is 42.0 Å². The van der Waals surface area contributed by atoms with Crippen LogP contribution in [0.1, 0.15) is 12.0 Å². The van der Waals surface area contributed by atoms with E-state index in [1.807, 2.05) is 11.0 Å². The van der Waals surface area contributed by atoms with Crippen LogP contribution in [0.4, 0.5) is 4.79 Å². The van der Waals surface area contributed by atoms with Crippen molar-refractivity contribution in [3.8, 4) is 0 Å². The molecule has 0 N–H and O–H groups in total. The first-order chi connectivity index (χ1) is 10.8. The lowest BCUT2D eigenvalue weighted by Gasteiger charge is -2.34. The third kappa shape index (κ3) is 4.21. The molecule has 2 fully saturated rings. The zero-order valence-electron chi connectivity index (χ0n) is 12.9. The van der Waals surface area contributed by atoms with E-state index in [-0.39, 0.29) is 6.09 Å². The monoisotopic (exact) mass is 304 g/mol. The molecule has 2 aliphatic heterocycles. The summed E-state index contributed by atoms with van der Waals surface area (Å²) in [7, 11) is 0. The molecule has 2 aliphatic rings. The fourth-order valence-corrected chi connectivity index (χ4v) is 2.93. The van der Waals surface area contributed by atoms with Gasteiger partial charge < -0.3 is 14.4 Å². The van der Waals surface area contributed by atoms with Crippen molar-refractivity contribution >= 4 is 6.09 Å². The second-order valence-corrected chi connectivity index (χ2v) is 6.06. The molecule has 0 saturated carbocycles. The van der Waals surface area contributed by atoms with Crippen LogP contribution in [0.2, 0.25) is 0 Å². The van der Waals surface area contributed by atoms with E-state index >= 15 is 0 Å². The Morgan fingerprint density at radius 2 is 1.95 bits per heavy atom. The maximum absolute atomic E-state index is 12.1. The van der Waals surface area contributed by atoms with Gasteiger partial charge in [-0.1, -0.05) is 30.3 Å². The standard InChI is InChI=1S/C17H24N2O3/c20-17(22-14-16-6-11-21-13-16)19-9-7-18(8-10-19)12-15-4-2-1-3-5-15/h1-5,16H,6-14H2/t16-/m0/s1. The van der Waals surface area contributed by atoms with Gasteiger partial charge in [0.1, 0.15) is 0 Å². The minimum absolute atomic E-state index is 0.175. The first kappa shape index (κ1) is 15.3. The number of ether oxygens (including phenoxy) is 2. The van der Waals surface area contributed by atoms with Crippen molar-refractivity contribution in [3.05, 3.63) is 35.9 Å². The van der Waals surface area contributed by atoms with Gasteiger partial charge in [0.05, 0.1) is 13.2 Å². The maximum Gasteiger partial charge on any atom is 0.409 e. The van der Waals surface area contributed by atoms with Gasteiger partial charge in [0.2, 0.25) is 0 Å². The molecular weight excluding hydrogens is 280 g/mol. The van der Waals surface area contributed by atoms with Crippen LogP contribution in [0, 0.1) is 5.92 Å². The number of nitrogens with zero attached hydrogens (tertiary/aromatic N) is 2. The third-order valence-corrected chi connectivity index (χ3v) is 4.35. The van der Waals surface area contributed by atoms with E-state index in [9.17, 15) is 4.79 Å². The molecule has 0 aliphatic carbocycles. The van der Waals surface area contributed by atoms with Crippen molar-refractivity contribution in [1.82, 2.24) is 9.80 Å². The lowest BCUT2D eigenvalue weighted by molar-refractivity contribution is 0.0622. The number of carbonyl (C=O) groups is 1. The maximum atomic E-state index is 12.1. The number of benzene rings is 1. The van der Waals surface area contributed by atoms with E-state index in [4.69, 9.17) is 9.47 Å². The molecule has 0 unspecified atom stereocenters. The quantitative estimate of drug-likeness (QED) is 0.853. The van der Waals surface area contributed by atoms with Gasteiger partial charge in [-0.15, -0.1) is 0 Å². The summed E-state index contributed by atoms with van der Waals surface area (Å²) >= 11 is 0. The van der Waals surface area contributed by atoms with E-state index < -0.39 is 0 Å². The fraction of sp³-hybridized carbons (Fsp3) is 0.588. The molecule has 1 atom stereocenters. The van der Waals surface area contributed by atoms with Crippen LogP contribution in [-0.2, 0) is 16.0 Å². The average Bonchev–Trinajstić information content (AvgIpc) is 3.08. The summed E-state index contributed by atoms with van der Waals surface area (Å²) < 4.78 is 10.7. The zero-order valence-corrected chi connectivity index (χ0v) is 12.9. The summed E-state index contributed by atoms with van der Waals surface area (Å²) in [5.74, 6) is 0.378. The predicted molar refractivity (Wildman–Crippen MR) is 83.6 cm³/mol. The largest absolute Gasteiger partial charge is 0.449 e. The van der Waals surface area contributed by atoms with Crippen molar-refractivity contribution in [2.45, 2.75) is 13.0 Å². The number of piperazine rings is 1. The van der Waals surface area contributed by atoms with Crippen LogP contribution >= 0.6 is 0 Å². The predicted octanol–water partition coefficient (Wildman–Crippen LogP) is 1.98. The molecule has 2 saturated heterocycles. The van der Waals surface area contributed by atoms with Crippen LogP contribution in [-0.4, -0.2) is 61.9 Å². The number of amides is 1. The summed E-state index contributed by atoms with van der Waals surface area (Å²) in [4.78, 5) is 16.3. The van der Waals surface area contributed by atoms with Gasteiger partial charge in [0, 0.05) is 45.2 Å². The average molecular weight is 304 g/mol. The highest BCUT2D eigenvalue weighted by Crippen LogP contribution is 2.14. The Labute approximate surface area is 131 Å². The number of rotatable bonds is 4. The molecule has 0 aromatic heterocycles. The first-order valence-electron chi connectivity index (χ1n) is 8.07. The highest BCUT2D eigenvalue weighted by Gasteiger charge is 2.24. The molecule has 0 spiro atoms. The smallest absolute Gasteiger partial charge is 0.409 e. The molecule has 3 rings (SSSR count). The van der Waals surface area contributed by atoms with Gasteiger partial charge in [-0.05, 0) is 12.0 Å². The van der Waals surface area contributed by atoms with Crippen LogP contribution < -0.4 is 0 Å². The fourth-order valence-electron chi connectivity index (χ4n) is 2.93. The molecule has 1 amide bonds.